The third-order valence-corrected chi connectivity index (χ3v) is 2.83. The highest BCUT2D eigenvalue weighted by atomic mass is 16.8. The highest BCUT2D eigenvalue weighted by molar-refractivity contribution is 4.85. The smallest absolute Gasteiger partial charge is 0.184 e. The molecule has 1 saturated heterocycles. The highest BCUT2D eigenvalue weighted by Gasteiger charge is 2.45. The second kappa shape index (κ2) is 3.11. The lowest BCUT2D eigenvalue weighted by Gasteiger charge is -2.18. The van der Waals surface area contributed by atoms with Crippen LogP contribution in [-0.4, -0.2) is 19.5 Å². The molecule has 2 nitrogen and oxygen atoms in total. The van der Waals surface area contributed by atoms with Gasteiger partial charge in [-0.15, -0.1) is 0 Å². The summed E-state index contributed by atoms with van der Waals surface area (Å²) in [5.41, 5.74) is 0. The Kier molecular flexibility index (Phi) is 2.14. The molecule has 0 bridgehead atoms. The van der Waals surface area contributed by atoms with Gasteiger partial charge in [0.05, 0.1) is 0 Å². The van der Waals surface area contributed by atoms with Crippen molar-refractivity contribution in [3.63, 3.8) is 0 Å². The molecule has 1 aliphatic heterocycles. The maximum absolute atomic E-state index is 5.38. The fourth-order valence-corrected chi connectivity index (χ4v) is 2.10. The van der Waals surface area contributed by atoms with E-state index in [2.05, 4.69) is 0 Å². The summed E-state index contributed by atoms with van der Waals surface area (Å²) in [6, 6.07) is 0. The Morgan fingerprint density at radius 2 is 1.91 bits per heavy atom. The van der Waals surface area contributed by atoms with Gasteiger partial charge in [0.15, 0.2) is 6.29 Å². The van der Waals surface area contributed by atoms with Crippen LogP contribution in [-0.2, 0) is 9.47 Å². The van der Waals surface area contributed by atoms with E-state index in [0.29, 0.717) is 6.10 Å². The van der Waals surface area contributed by atoms with Crippen LogP contribution in [0.3, 0.4) is 0 Å². The molecule has 1 heterocycles. The molecule has 1 aliphatic carbocycles. The molecular weight excluding hydrogens is 140 g/mol. The summed E-state index contributed by atoms with van der Waals surface area (Å²) in [6.07, 6.45) is 7.48. The van der Waals surface area contributed by atoms with Crippen molar-refractivity contribution >= 4 is 0 Å². The Morgan fingerprint density at radius 1 is 1.18 bits per heavy atom. The molecule has 0 spiro atoms. The molecule has 2 heteroatoms. The number of rotatable bonds is 2. The topological polar surface area (TPSA) is 21.8 Å². The van der Waals surface area contributed by atoms with Crippen LogP contribution in [0.1, 0.15) is 32.1 Å². The van der Waals surface area contributed by atoms with Crippen molar-refractivity contribution in [3.8, 4) is 0 Å². The first-order chi connectivity index (χ1) is 5.42. The number of epoxide rings is 1. The monoisotopic (exact) mass is 156 g/mol. The van der Waals surface area contributed by atoms with Gasteiger partial charge in [-0.3, -0.25) is 0 Å². The zero-order chi connectivity index (χ0) is 7.68. The summed E-state index contributed by atoms with van der Waals surface area (Å²) in [5, 5.41) is 0. The van der Waals surface area contributed by atoms with E-state index < -0.39 is 0 Å². The van der Waals surface area contributed by atoms with E-state index in [1.807, 2.05) is 0 Å². The molecule has 0 amide bonds. The Morgan fingerprint density at radius 3 is 2.45 bits per heavy atom. The van der Waals surface area contributed by atoms with Crippen LogP contribution in [0.4, 0.5) is 0 Å². The van der Waals surface area contributed by atoms with Gasteiger partial charge < -0.3 is 9.47 Å². The summed E-state index contributed by atoms with van der Waals surface area (Å²) >= 11 is 0. The van der Waals surface area contributed by atoms with Crippen molar-refractivity contribution in [1.82, 2.24) is 0 Å². The van der Waals surface area contributed by atoms with Gasteiger partial charge >= 0.3 is 0 Å². The lowest BCUT2D eigenvalue weighted by molar-refractivity contribution is 0.0950. The fourth-order valence-electron chi connectivity index (χ4n) is 2.10. The van der Waals surface area contributed by atoms with Crippen molar-refractivity contribution in [3.05, 3.63) is 0 Å². The minimum Gasteiger partial charge on any atom is -0.353 e. The lowest BCUT2D eigenvalue weighted by Crippen LogP contribution is -2.14. The molecule has 1 saturated carbocycles. The quantitative estimate of drug-likeness (QED) is 0.570. The van der Waals surface area contributed by atoms with Gasteiger partial charge in [-0.05, 0) is 18.8 Å². The molecule has 11 heavy (non-hydrogen) atoms. The van der Waals surface area contributed by atoms with Crippen LogP contribution in [0.15, 0.2) is 0 Å². The second-order valence-electron chi connectivity index (χ2n) is 3.60. The van der Waals surface area contributed by atoms with Gasteiger partial charge in [0.25, 0.3) is 0 Å². The molecular formula is C9H16O2. The first kappa shape index (κ1) is 7.56. The molecule has 2 rings (SSSR count). The predicted molar refractivity (Wildman–Crippen MR) is 42.2 cm³/mol. The van der Waals surface area contributed by atoms with Crippen molar-refractivity contribution in [2.75, 3.05) is 7.11 Å². The van der Waals surface area contributed by atoms with Crippen molar-refractivity contribution < 1.29 is 9.47 Å². The van der Waals surface area contributed by atoms with Gasteiger partial charge in [-0.25, -0.2) is 0 Å². The lowest BCUT2D eigenvalue weighted by atomic mass is 9.87. The molecule has 0 N–H and O–H groups in total. The third kappa shape index (κ3) is 1.57. The third-order valence-electron chi connectivity index (χ3n) is 2.83. The number of hydrogen-bond acceptors (Lipinski definition) is 2. The van der Waals surface area contributed by atoms with Crippen LogP contribution in [0, 0.1) is 5.92 Å². The van der Waals surface area contributed by atoms with Crippen LogP contribution >= 0.6 is 0 Å². The van der Waals surface area contributed by atoms with E-state index in [4.69, 9.17) is 9.47 Å². The normalized spacial score (nSPS) is 39.0. The van der Waals surface area contributed by atoms with Crippen LogP contribution in [0.25, 0.3) is 0 Å². The Bertz CT molecular complexity index is 130. The zero-order valence-electron chi connectivity index (χ0n) is 7.08. The van der Waals surface area contributed by atoms with E-state index in [0.717, 1.165) is 5.92 Å². The molecule has 0 aromatic carbocycles. The maximum Gasteiger partial charge on any atom is 0.184 e. The van der Waals surface area contributed by atoms with Crippen molar-refractivity contribution in [1.29, 1.82) is 0 Å². The first-order valence-electron chi connectivity index (χ1n) is 4.60. The van der Waals surface area contributed by atoms with E-state index in [-0.39, 0.29) is 6.29 Å². The molecule has 2 atom stereocenters. The summed E-state index contributed by atoms with van der Waals surface area (Å²) in [5.74, 6) is 0.800. The van der Waals surface area contributed by atoms with E-state index in [1.54, 1.807) is 7.11 Å². The van der Waals surface area contributed by atoms with Gasteiger partial charge in [-0.1, -0.05) is 19.3 Å². The summed E-state index contributed by atoms with van der Waals surface area (Å²) in [7, 11) is 1.73. The van der Waals surface area contributed by atoms with E-state index >= 15 is 0 Å². The van der Waals surface area contributed by atoms with Gasteiger partial charge in [0, 0.05) is 7.11 Å². The Hall–Kier alpha value is -0.0800. The van der Waals surface area contributed by atoms with Gasteiger partial charge in [0.1, 0.15) is 6.10 Å². The van der Waals surface area contributed by atoms with E-state index in [9.17, 15) is 0 Å². The second-order valence-corrected chi connectivity index (χ2v) is 3.60. The van der Waals surface area contributed by atoms with Crippen molar-refractivity contribution in [2.45, 2.75) is 44.5 Å². The minimum atomic E-state index is 0.137. The molecule has 2 unspecified atom stereocenters. The molecule has 2 aliphatic rings. The van der Waals surface area contributed by atoms with E-state index in [1.165, 1.54) is 32.1 Å². The van der Waals surface area contributed by atoms with Crippen molar-refractivity contribution in [2.24, 2.45) is 5.92 Å². The van der Waals surface area contributed by atoms with Crippen LogP contribution in [0.2, 0.25) is 0 Å². The molecule has 0 radical (unpaired) electrons. The number of methoxy groups -OCH3 is 1. The standard InChI is InChI=1S/C9H16O2/c1-10-9-8(11-9)7-5-3-2-4-6-7/h7-9H,2-6H2,1H3. The largest absolute Gasteiger partial charge is 0.353 e. The molecule has 0 aromatic heterocycles. The fraction of sp³-hybridized carbons (Fsp3) is 1.00. The highest BCUT2D eigenvalue weighted by Crippen LogP contribution is 2.38. The SMILES string of the molecule is COC1OC1C1CCCCC1. The van der Waals surface area contributed by atoms with Gasteiger partial charge in [-0.2, -0.15) is 0 Å². The predicted octanol–water partition coefficient (Wildman–Crippen LogP) is 1.94. The maximum atomic E-state index is 5.38. The Balaban J connectivity index is 1.77. The number of ether oxygens (including phenoxy) is 2. The average molecular weight is 156 g/mol. The minimum absolute atomic E-state index is 0.137. The van der Waals surface area contributed by atoms with Gasteiger partial charge in [0.2, 0.25) is 0 Å². The first-order valence-corrected chi connectivity index (χ1v) is 4.60. The number of hydrogen-bond donors (Lipinski definition) is 0. The molecule has 64 valence electrons. The van der Waals surface area contributed by atoms with Crippen LogP contribution in [0.5, 0.6) is 0 Å². The summed E-state index contributed by atoms with van der Waals surface area (Å²) in [4.78, 5) is 0. The Labute approximate surface area is 67.9 Å². The molecule has 2 fully saturated rings. The summed E-state index contributed by atoms with van der Waals surface area (Å²) in [6.45, 7) is 0. The van der Waals surface area contributed by atoms with Crippen LogP contribution < -0.4 is 0 Å². The zero-order valence-corrected chi connectivity index (χ0v) is 7.08. The summed E-state index contributed by atoms with van der Waals surface area (Å²) < 4.78 is 10.5. The average Bonchev–Trinajstić information content (AvgIpc) is 2.85. The molecule has 0 aromatic rings.